The van der Waals surface area contributed by atoms with Crippen molar-refractivity contribution >= 4 is 11.9 Å². The van der Waals surface area contributed by atoms with Gasteiger partial charge in [-0.15, -0.1) is 0 Å². The van der Waals surface area contributed by atoms with Gasteiger partial charge >= 0.3 is 0 Å². The Labute approximate surface area is 117 Å². The molecule has 2 nitrogen and oxygen atoms in total. The molecule has 3 heteroatoms. The Morgan fingerprint density at radius 3 is 2.60 bits per heavy atom. The van der Waals surface area contributed by atoms with Crippen molar-refractivity contribution in [3.05, 3.63) is 71.6 Å². The van der Waals surface area contributed by atoms with Crippen LogP contribution < -0.4 is 4.74 Å². The van der Waals surface area contributed by atoms with Crippen LogP contribution in [0.15, 0.2) is 54.6 Å². The lowest BCUT2D eigenvalue weighted by molar-refractivity contribution is 0.104. The van der Waals surface area contributed by atoms with Gasteiger partial charge in [-0.25, -0.2) is 4.39 Å². The Morgan fingerprint density at radius 2 is 1.95 bits per heavy atom. The Kier molecular flexibility index (Phi) is 4.66. The summed E-state index contributed by atoms with van der Waals surface area (Å²) in [6, 6.07) is 13.0. The van der Waals surface area contributed by atoms with E-state index in [1.165, 1.54) is 18.2 Å². The number of hydrogen-bond donors (Lipinski definition) is 0. The Bertz CT molecular complexity index is 615. The van der Waals surface area contributed by atoms with Crippen LogP contribution in [0.3, 0.4) is 0 Å². The zero-order valence-electron chi connectivity index (χ0n) is 11.2. The maximum Gasteiger partial charge on any atom is 0.185 e. The fourth-order valence-corrected chi connectivity index (χ4v) is 1.76. The molecular formula is C17H15FO2. The molecule has 0 unspecified atom stereocenters. The maximum absolute atomic E-state index is 13.0. The molecule has 0 spiro atoms. The smallest absolute Gasteiger partial charge is 0.185 e. The second kappa shape index (κ2) is 6.66. The first-order valence-electron chi connectivity index (χ1n) is 6.40. The summed E-state index contributed by atoms with van der Waals surface area (Å²) in [5.74, 6) is 0.288. The fraction of sp³-hybridized carbons (Fsp3) is 0.118. The van der Waals surface area contributed by atoms with Gasteiger partial charge in [-0.2, -0.15) is 0 Å². The molecule has 0 atom stereocenters. The van der Waals surface area contributed by atoms with Crippen LogP contribution in [0, 0.1) is 5.82 Å². The lowest BCUT2D eigenvalue weighted by atomic mass is 10.1. The molecule has 2 rings (SSSR count). The first-order chi connectivity index (χ1) is 9.69. The number of rotatable bonds is 5. The van der Waals surface area contributed by atoms with E-state index in [9.17, 15) is 9.18 Å². The molecule has 0 saturated heterocycles. The van der Waals surface area contributed by atoms with E-state index in [0.29, 0.717) is 17.7 Å². The molecule has 0 aliphatic rings. The van der Waals surface area contributed by atoms with E-state index in [0.717, 1.165) is 5.75 Å². The third-order valence-electron chi connectivity index (χ3n) is 2.73. The van der Waals surface area contributed by atoms with E-state index in [1.54, 1.807) is 42.5 Å². The van der Waals surface area contributed by atoms with Gasteiger partial charge in [-0.05, 0) is 55.0 Å². The SMILES string of the molecule is CCOc1ccc(C(=O)C=Cc2cccc(F)c2)cc1. The second-order valence-corrected chi connectivity index (χ2v) is 4.21. The van der Waals surface area contributed by atoms with Crippen molar-refractivity contribution < 1.29 is 13.9 Å². The number of ether oxygens (including phenoxy) is 1. The topological polar surface area (TPSA) is 26.3 Å². The first-order valence-corrected chi connectivity index (χ1v) is 6.40. The Hall–Kier alpha value is -2.42. The Balaban J connectivity index is 2.07. The highest BCUT2D eigenvalue weighted by Gasteiger charge is 2.02. The van der Waals surface area contributed by atoms with Crippen LogP contribution >= 0.6 is 0 Å². The minimum atomic E-state index is -0.319. The van der Waals surface area contributed by atoms with Crippen molar-refractivity contribution in [2.45, 2.75) is 6.92 Å². The highest BCUT2D eigenvalue weighted by molar-refractivity contribution is 6.06. The summed E-state index contributed by atoms with van der Waals surface area (Å²) >= 11 is 0. The molecule has 0 aliphatic carbocycles. The van der Waals surface area contributed by atoms with Crippen LogP contribution in [0.25, 0.3) is 6.08 Å². The summed E-state index contributed by atoms with van der Waals surface area (Å²) in [5.41, 5.74) is 1.23. The molecule has 2 aromatic carbocycles. The highest BCUT2D eigenvalue weighted by Crippen LogP contribution is 2.13. The van der Waals surface area contributed by atoms with E-state index >= 15 is 0 Å². The summed E-state index contributed by atoms with van der Waals surface area (Å²) < 4.78 is 18.3. The molecular weight excluding hydrogens is 255 g/mol. The quantitative estimate of drug-likeness (QED) is 0.603. The van der Waals surface area contributed by atoms with Gasteiger partial charge in [0, 0.05) is 5.56 Å². The van der Waals surface area contributed by atoms with Gasteiger partial charge in [0.2, 0.25) is 0 Å². The molecule has 0 aliphatic heterocycles. The lowest BCUT2D eigenvalue weighted by Gasteiger charge is -2.02. The predicted octanol–water partition coefficient (Wildman–Crippen LogP) is 4.12. The number of hydrogen-bond acceptors (Lipinski definition) is 2. The van der Waals surface area contributed by atoms with E-state index in [4.69, 9.17) is 4.74 Å². The van der Waals surface area contributed by atoms with E-state index in [1.807, 2.05) is 6.92 Å². The molecule has 0 heterocycles. The van der Waals surface area contributed by atoms with Crippen molar-refractivity contribution in [2.24, 2.45) is 0 Å². The summed E-state index contributed by atoms with van der Waals surface area (Å²) in [7, 11) is 0. The number of ketones is 1. The fourth-order valence-electron chi connectivity index (χ4n) is 1.76. The van der Waals surface area contributed by atoms with Crippen molar-refractivity contribution in [2.75, 3.05) is 6.61 Å². The average molecular weight is 270 g/mol. The van der Waals surface area contributed by atoms with Gasteiger partial charge in [0.1, 0.15) is 11.6 Å². The third-order valence-corrected chi connectivity index (χ3v) is 2.73. The molecule has 2 aromatic rings. The minimum Gasteiger partial charge on any atom is -0.494 e. The number of benzene rings is 2. The largest absolute Gasteiger partial charge is 0.494 e. The zero-order valence-corrected chi connectivity index (χ0v) is 11.2. The van der Waals surface area contributed by atoms with Gasteiger partial charge in [0.25, 0.3) is 0 Å². The average Bonchev–Trinajstić information content (AvgIpc) is 2.46. The molecule has 0 aromatic heterocycles. The van der Waals surface area contributed by atoms with Crippen molar-refractivity contribution in [1.29, 1.82) is 0 Å². The van der Waals surface area contributed by atoms with Crippen LogP contribution in [-0.2, 0) is 0 Å². The zero-order chi connectivity index (χ0) is 14.4. The molecule has 20 heavy (non-hydrogen) atoms. The normalized spacial score (nSPS) is 10.7. The number of halogens is 1. The van der Waals surface area contributed by atoms with Crippen molar-refractivity contribution in [1.82, 2.24) is 0 Å². The highest BCUT2D eigenvalue weighted by atomic mass is 19.1. The van der Waals surface area contributed by atoms with Crippen LogP contribution in [0.4, 0.5) is 4.39 Å². The molecule has 0 fully saturated rings. The monoisotopic (exact) mass is 270 g/mol. The van der Waals surface area contributed by atoms with Crippen LogP contribution in [0.2, 0.25) is 0 Å². The van der Waals surface area contributed by atoms with Crippen LogP contribution in [0.5, 0.6) is 5.75 Å². The summed E-state index contributed by atoms with van der Waals surface area (Å²) in [5, 5.41) is 0. The first kappa shape index (κ1) is 14.0. The summed E-state index contributed by atoms with van der Waals surface area (Å²) in [6.45, 7) is 2.49. The van der Waals surface area contributed by atoms with Crippen LogP contribution in [0.1, 0.15) is 22.8 Å². The van der Waals surface area contributed by atoms with Crippen molar-refractivity contribution in [3.63, 3.8) is 0 Å². The van der Waals surface area contributed by atoms with Gasteiger partial charge in [-0.3, -0.25) is 4.79 Å². The standard InChI is InChI=1S/C17H15FO2/c1-2-20-16-9-7-14(8-10-16)17(19)11-6-13-4-3-5-15(18)12-13/h3-12H,2H2,1H3. The van der Waals surface area contributed by atoms with Crippen LogP contribution in [-0.4, -0.2) is 12.4 Å². The molecule has 0 bridgehead atoms. The summed E-state index contributed by atoms with van der Waals surface area (Å²) in [6.07, 6.45) is 3.03. The number of allylic oxidation sites excluding steroid dienone is 1. The molecule has 0 amide bonds. The number of carbonyl (C=O) groups is 1. The molecule has 0 radical (unpaired) electrons. The van der Waals surface area contributed by atoms with E-state index in [-0.39, 0.29) is 11.6 Å². The lowest BCUT2D eigenvalue weighted by Crippen LogP contribution is -1.95. The van der Waals surface area contributed by atoms with Gasteiger partial charge < -0.3 is 4.74 Å². The van der Waals surface area contributed by atoms with Gasteiger partial charge in [-0.1, -0.05) is 18.2 Å². The van der Waals surface area contributed by atoms with Gasteiger partial charge in [0.05, 0.1) is 6.61 Å². The van der Waals surface area contributed by atoms with Crippen molar-refractivity contribution in [3.8, 4) is 5.75 Å². The predicted molar refractivity (Wildman–Crippen MR) is 77.4 cm³/mol. The summed E-state index contributed by atoms with van der Waals surface area (Å²) in [4.78, 5) is 12.0. The second-order valence-electron chi connectivity index (χ2n) is 4.21. The van der Waals surface area contributed by atoms with E-state index < -0.39 is 0 Å². The minimum absolute atomic E-state index is 0.127. The molecule has 0 saturated carbocycles. The maximum atomic E-state index is 13.0. The Morgan fingerprint density at radius 1 is 1.20 bits per heavy atom. The molecule has 102 valence electrons. The van der Waals surface area contributed by atoms with E-state index in [2.05, 4.69) is 0 Å². The molecule has 0 N–H and O–H groups in total. The third kappa shape index (κ3) is 3.79. The van der Waals surface area contributed by atoms with Gasteiger partial charge in [0.15, 0.2) is 5.78 Å². The number of carbonyl (C=O) groups excluding carboxylic acids is 1.